The molecule has 0 amide bonds. The van der Waals surface area contributed by atoms with E-state index in [1.54, 1.807) is 24.3 Å². The van der Waals surface area contributed by atoms with E-state index in [0.29, 0.717) is 27.8 Å². The van der Waals surface area contributed by atoms with Gasteiger partial charge in [-0.05, 0) is 53.2 Å². The van der Waals surface area contributed by atoms with E-state index in [4.69, 9.17) is 17.3 Å². The van der Waals surface area contributed by atoms with Gasteiger partial charge in [-0.15, -0.1) is 5.10 Å². The summed E-state index contributed by atoms with van der Waals surface area (Å²) in [7, 11) is 0. The van der Waals surface area contributed by atoms with E-state index >= 15 is 0 Å². The van der Waals surface area contributed by atoms with Crippen molar-refractivity contribution in [3.8, 4) is 17.1 Å². The van der Waals surface area contributed by atoms with Gasteiger partial charge in [-0.3, -0.25) is 0 Å². The predicted octanol–water partition coefficient (Wildman–Crippen LogP) is 3.01. The van der Waals surface area contributed by atoms with Crippen LogP contribution in [-0.4, -0.2) is 20.2 Å². The van der Waals surface area contributed by atoms with Gasteiger partial charge in [0.2, 0.25) is 0 Å². The quantitative estimate of drug-likeness (QED) is 0.739. The summed E-state index contributed by atoms with van der Waals surface area (Å²) in [4.78, 5) is 0. The molecule has 3 aromatic rings. The molecule has 1 aromatic heterocycles. The maximum atomic E-state index is 13.5. The number of aryl methyl sites for hydroxylation is 1. The molecular formula is C14H11ClFN5. The molecule has 0 atom stereocenters. The molecule has 2 N–H and O–H groups in total. The van der Waals surface area contributed by atoms with Gasteiger partial charge in [-0.2, -0.15) is 4.68 Å². The third-order valence-corrected chi connectivity index (χ3v) is 3.36. The Morgan fingerprint density at radius 1 is 1.19 bits per heavy atom. The van der Waals surface area contributed by atoms with Gasteiger partial charge in [0.25, 0.3) is 0 Å². The standard InChI is InChI=1S/C14H11ClFN5/c1-8-2-4-10(16)7-13(8)21-14(18-19-20-21)11-5-3-9(15)6-12(11)17/h2-7H,17H2,1H3. The molecular weight excluding hydrogens is 293 g/mol. The summed E-state index contributed by atoms with van der Waals surface area (Å²) in [6, 6.07) is 9.48. The number of aromatic nitrogens is 4. The van der Waals surface area contributed by atoms with Crippen LogP contribution in [0.3, 0.4) is 0 Å². The van der Waals surface area contributed by atoms with Gasteiger partial charge in [-0.1, -0.05) is 17.7 Å². The summed E-state index contributed by atoms with van der Waals surface area (Å²) < 4.78 is 14.9. The minimum atomic E-state index is -0.360. The second kappa shape index (κ2) is 5.14. The Morgan fingerprint density at radius 2 is 2.00 bits per heavy atom. The van der Waals surface area contributed by atoms with Crippen molar-refractivity contribution in [1.82, 2.24) is 20.2 Å². The first-order valence-electron chi connectivity index (χ1n) is 6.16. The Kier molecular flexibility index (Phi) is 3.31. The Bertz CT molecular complexity index is 815. The lowest BCUT2D eigenvalue weighted by molar-refractivity contribution is 0.624. The first-order chi connectivity index (χ1) is 10.1. The lowest BCUT2D eigenvalue weighted by atomic mass is 10.1. The predicted molar refractivity (Wildman–Crippen MR) is 78.7 cm³/mol. The summed E-state index contributed by atoms with van der Waals surface area (Å²) in [6.45, 7) is 1.85. The van der Waals surface area contributed by atoms with Crippen LogP contribution in [0.15, 0.2) is 36.4 Å². The molecule has 0 aliphatic carbocycles. The Labute approximate surface area is 125 Å². The van der Waals surface area contributed by atoms with Crippen LogP contribution < -0.4 is 5.73 Å². The Hall–Kier alpha value is -2.47. The van der Waals surface area contributed by atoms with Gasteiger partial charge < -0.3 is 5.73 Å². The van der Waals surface area contributed by atoms with Crippen LogP contribution in [0.25, 0.3) is 17.1 Å². The lowest BCUT2D eigenvalue weighted by Crippen LogP contribution is -2.04. The largest absolute Gasteiger partial charge is 0.398 e. The second-order valence-corrected chi connectivity index (χ2v) is 5.01. The molecule has 0 saturated carbocycles. The van der Waals surface area contributed by atoms with Crippen LogP contribution in [0, 0.1) is 12.7 Å². The smallest absolute Gasteiger partial charge is 0.189 e. The van der Waals surface area contributed by atoms with Crippen molar-refractivity contribution in [2.24, 2.45) is 0 Å². The van der Waals surface area contributed by atoms with Crippen LogP contribution in [-0.2, 0) is 0 Å². The average molecular weight is 304 g/mol. The molecule has 0 radical (unpaired) electrons. The zero-order valence-electron chi connectivity index (χ0n) is 11.1. The summed E-state index contributed by atoms with van der Waals surface area (Å²) in [6.07, 6.45) is 0. The average Bonchev–Trinajstić information content (AvgIpc) is 2.90. The fourth-order valence-corrected chi connectivity index (χ4v) is 2.25. The molecule has 0 bridgehead atoms. The highest BCUT2D eigenvalue weighted by Gasteiger charge is 2.15. The van der Waals surface area contributed by atoms with Gasteiger partial charge in [0.1, 0.15) is 5.82 Å². The SMILES string of the molecule is Cc1ccc(F)cc1-n1nnnc1-c1ccc(Cl)cc1N. The fourth-order valence-electron chi connectivity index (χ4n) is 2.07. The van der Waals surface area contributed by atoms with Crippen LogP contribution in [0.5, 0.6) is 0 Å². The molecule has 5 nitrogen and oxygen atoms in total. The van der Waals surface area contributed by atoms with E-state index in [2.05, 4.69) is 15.5 Å². The molecule has 7 heteroatoms. The van der Waals surface area contributed by atoms with Crippen molar-refractivity contribution in [2.45, 2.75) is 6.92 Å². The number of anilines is 1. The minimum Gasteiger partial charge on any atom is -0.398 e. The molecule has 21 heavy (non-hydrogen) atoms. The molecule has 1 heterocycles. The van der Waals surface area contributed by atoms with Crippen molar-refractivity contribution in [2.75, 3.05) is 5.73 Å². The maximum Gasteiger partial charge on any atom is 0.189 e. The van der Waals surface area contributed by atoms with Gasteiger partial charge >= 0.3 is 0 Å². The van der Waals surface area contributed by atoms with E-state index in [0.717, 1.165) is 5.56 Å². The third kappa shape index (κ3) is 2.45. The Morgan fingerprint density at radius 3 is 2.76 bits per heavy atom. The summed E-state index contributed by atoms with van der Waals surface area (Å²) in [5, 5.41) is 12.1. The lowest BCUT2D eigenvalue weighted by Gasteiger charge is -2.09. The first-order valence-corrected chi connectivity index (χ1v) is 6.54. The van der Waals surface area contributed by atoms with Gasteiger partial charge in [-0.25, -0.2) is 4.39 Å². The van der Waals surface area contributed by atoms with Crippen molar-refractivity contribution >= 4 is 17.3 Å². The van der Waals surface area contributed by atoms with Crippen molar-refractivity contribution < 1.29 is 4.39 Å². The number of hydrogen-bond acceptors (Lipinski definition) is 4. The number of nitrogens with two attached hydrogens (primary N) is 1. The number of nitrogen functional groups attached to an aromatic ring is 1. The maximum absolute atomic E-state index is 13.5. The molecule has 0 fully saturated rings. The van der Waals surface area contributed by atoms with Gasteiger partial charge in [0.05, 0.1) is 5.69 Å². The number of tetrazole rings is 1. The van der Waals surface area contributed by atoms with Gasteiger partial charge in [0.15, 0.2) is 5.82 Å². The summed E-state index contributed by atoms with van der Waals surface area (Å²) >= 11 is 5.89. The molecule has 0 spiro atoms. The van der Waals surface area contributed by atoms with Crippen LogP contribution >= 0.6 is 11.6 Å². The van der Waals surface area contributed by atoms with Gasteiger partial charge in [0, 0.05) is 16.3 Å². The number of halogens is 2. The highest BCUT2D eigenvalue weighted by Crippen LogP contribution is 2.28. The molecule has 106 valence electrons. The molecule has 0 aliphatic rings. The van der Waals surface area contributed by atoms with E-state index in [-0.39, 0.29) is 5.82 Å². The van der Waals surface area contributed by atoms with Crippen LogP contribution in [0.1, 0.15) is 5.56 Å². The topological polar surface area (TPSA) is 69.6 Å². The molecule has 3 rings (SSSR count). The van der Waals surface area contributed by atoms with Crippen molar-refractivity contribution in [1.29, 1.82) is 0 Å². The van der Waals surface area contributed by atoms with Crippen LogP contribution in [0.2, 0.25) is 5.02 Å². The van der Waals surface area contributed by atoms with Crippen molar-refractivity contribution in [3.05, 3.63) is 52.8 Å². The number of rotatable bonds is 2. The summed E-state index contributed by atoms with van der Waals surface area (Å²) in [5.41, 5.74) is 8.45. The fraction of sp³-hybridized carbons (Fsp3) is 0.0714. The first kappa shape index (κ1) is 13.5. The van der Waals surface area contributed by atoms with Crippen LogP contribution in [0.4, 0.5) is 10.1 Å². The number of hydrogen-bond donors (Lipinski definition) is 1. The summed E-state index contributed by atoms with van der Waals surface area (Å²) in [5.74, 6) is 0.0685. The van der Waals surface area contributed by atoms with E-state index < -0.39 is 0 Å². The zero-order chi connectivity index (χ0) is 15.0. The molecule has 0 unspecified atom stereocenters. The minimum absolute atomic E-state index is 0.360. The highest BCUT2D eigenvalue weighted by atomic mass is 35.5. The molecule has 0 aliphatic heterocycles. The van der Waals surface area contributed by atoms with E-state index in [1.165, 1.54) is 16.8 Å². The highest BCUT2D eigenvalue weighted by molar-refractivity contribution is 6.31. The molecule has 0 saturated heterocycles. The normalized spacial score (nSPS) is 10.8. The van der Waals surface area contributed by atoms with Crippen molar-refractivity contribution in [3.63, 3.8) is 0 Å². The van der Waals surface area contributed by atoms with E-state index in [1.807, 2.05) is 6.92 Å². The zero-order valence-corrected chi connectivity index (χ0v) is 11.8. The second-order valence-electron chi connectivity index (χ2n) is 4.58. The Balaban J connectivity index is 2.19. The number of nitrogens with zero attached hydrogens (tertiary/aromatic N) is 4. The van der Waals surface area contributed by atoms with E-state index in [9.17, 15) is 4.39 Å². The number of benzene rings is 2. The third-order valence-electron chi connectivity index (χ3n) is 3.12. The molecule has 2 aromatic carbocycles. The monoisotopic (exact) mass is 303 g/mol.